The molecule has 2 aromatic heterocycles. The normalized spacial score (nSPS) is 31.9. The molecular weight excluding hydrogens is 408 g/mol. The minimum atomic E-state index is -0.219. The maximum atomic E-state index is 13.6. The van der Waals surface area contributed by atoms with Crippen molar-refractivity contribution in [3.05, 3.63) is 42.0 Å². The second-order valence-electron chi connectivity index (χ2n) is 9.42. The Kier molecular flexibility index (Phi) is 4.39. The summed E-state index contributed by atoms with van der Waals surface area (Å²) in [6, 6.07) is 6.58. The fraction of sp³-hybridized carbons (Fsp3) is 0.500. The largest absolute Gasteiger partial charge is 0.497 e. The number of benzene rings is 1. The number of hydrogen-bond acceptors (Lipinski definition) is 6. The summed E-state index contributed by atoms with van der Waals surface area (Å²) in [5.41, 5.74) is 4.19. The number of nitrogens with one attached hydrogen (secondary N) is 1. The van der Waals surface area contributed by atoms with Crippen LogP contribution in [0.3, 0.4) is 0 Å². The van der Waals surface area contributed by atoms with E-state index < -0.39 is 0 Å². The number of hydrogen-bond donors (Lipinski definition) is 1. The average Bonchev–Trinajstić information content (AvgIpc) is 3.37. The topological polar surface area (TPSA) is 80.8 Å². The van der Waals surface area contributed by atoms with Gasteiger partial charge in [-0.05, 0) is 73.1 Å². The van der Waals surface area contributed by atoms with Gasteiger partial charge in [0.05, 0.1) is 18.7 Å². The van der Waals surface area contributed by atoms with Crippen molar-refractivity contribution in [2.75, 3.05) is 7.11 Å². The van der Waals surface area contributed by atoms with Gasteiger partial charge < -0.3 is 9.72 Å². The molecule has 3 aliphatic rings. The van der Waals surface area contributed by atoms with Gasteiger partial charge in [-0.15, -0.1) is 0 Å². The number of carbonyl (C=O) groups is 1. The summed E-state index contributed by atoms with van der Waals surface area (Å²) < 4.78 is 5.45. The van der Waals surface area contributed by atoms with Crippen molar-refractivity contribution < 1.29 is 9.53 Å². The van der Waals surface area contributed by atoms with Crippen LogP contribution in [0.25, 0.3) is 11.2 Å². The number of methoxy groups -OCH3 is 1. The Labute approximate surface area is 185 Å². The molecule has 160 valence electrons. The van der Waals surface area contributed by atoms with E-state index in [4.69, 9.17) is 4.74 Å². The average molecular weight is 435 g/mol. The van der Waals surface area contributed by atoms with E-state index in [9.17, 15) is 4.79 Å². The first-order valence-electron chi connectivity index (χ1n) is 11.1. The van der Waals surface area contributed by atoms with Gasteiger partial charge in [-0.25, -0.2) is 15.0 Å². The third-order valence-corrected chi connectivity index (χ3v) is 9.31. The highest BCUT2D eigenvalue weighted by molar-refractivity contribution is 8.00. The van der Waals surface area contributed by atoms with Crippen molar-refractivity contribution in [3.8, 4) is 5.75 Å². The predicted octanol–water partition coefficient (Wildman–Crippen LogP) is 4.56. The van der Waals surface area contributed by atoms with Gasteiger partial charge in [-0.2, -0.15) is 0 Å². The molecule has 3 aliphatic carbocycles. The molecule has 7 heteroatoms. The number of carbonyl (C=O) groups excluding carboxylic acids is 1. The zero-order valence-electron chi connectivity index (χ0n) is 17.8. The third-order valence-electron chi connectivity index (χ3n) is 8.09. The van der Waals surface area contributed by atoms with Gasteiger partial charge in [0.25, 0.3) is 0 Å². The molecule has 5 unspecified atom stereocenters. The molecule has 0 radical (unpaired) electrons. The number of ether oxygens (including phenoxy) is 1. The van der Waals surface area contributed by atoms with E-state index in [1.807, 2.05) is 0 Å². The number of aromatic nitrogens is 4. The molecule has 31 heavy (non-hydrogen) atoms. The van der Waals surface area contributed by atoms with Gasteiger partial charge in [0.1, 0.15) is 22.6 Å². The van der Waals surface area contributed by atoms with Crippen LogP contribution in [0.1, 0.15) is 49.7 Å². The molecular formula is C24H26N4O2S. The molecule has 2 fully saturated rings. The minimum absolute atomic E-state index is 0.0487. The molecule has 2 saturated carbocycles. The summed E-state index contributed by atoms with van der Waals surface area (Å²) in [5, 5.41) is 0.785. The van der Waals surface area contributed by atoms with Gasteiger partial charge in [0, 0.05) is 5.41 Å². The Balaban J connectivity index is 1.30. The Morgan fingerprint density at radius 2 is 2.13 bits per heavy atom. The van der Waals surface area contributed by atoms with Gasteiger partial charge >= 0.3 is 0 Å². The fourth-order valence-corrected chi connectivity index (χ4v) is 7.85. The molecule has 1 aromatic carbocycles. The summed E-state index contributed by atoms with van der Waals surface area (Å²) in [6.07, 6.45) is 8.43. The molecule has 0 saturated heterocycles. The zero-order chi connectivity index (χ0) is 21.2. The van der Waals surface area contributed by atoms with Crippen LogP contribution in [-0.4, -0.2) is 38.1 Å². The van der Waals surface area contributed by atoms with Crippen LogP contribution in [0, 0.1) is 17.3 Å². The molecule has 0 aliphatic heterocycles. The molecule has 5 atom stereocenters. The smallest absolute Gasteiger partial charge is 0.181 e. The third kappa shape index (κ3) is 2.85. The lowest BCUT2D eigenvalue weighted by molar-refractivity contribution is -0.129. The molecule has 6 nitrogen and oxygen atoms in total. The Bertz CT molecular complexity index is 1180. The highest BCUT2D eigenvalue weighted by Gasteiger charge is 2.58. The molecule has 0 amide bonds. The van der Waals surface area contributed by atoms with Crippen LogP contribution in [0.15, 0.2) is 35.9 Å². The van der Waals surface area contributed by atoms with Crippen molar-refractivity contribution >= 4 is 28.7 Å². The molecule has 3 aromatic rings. The minimum Gasteiger partial charge on any atom is -0.497 e. The number of nitrogens with zero attached hydrogens (tertiary/aromatic N) is 3. The monoisotopic (exact) mass is 434 g/mol. The SMILES string of the molecule is COc1ccc2c(c1)CCC1C2CCC2(C)C(=O)C(Sc3ncnc4nc[nH]c34)CC12. The van der Waals surface area contributed by atoms with Gasteiger partial charge in [-0.3, -0.25) is 4.79 Å². The molecule has 6 rings (SSSR count). The highest BCUT2D eigenvalue weighted by atomic mass is 32.2. The summed E-state index contributed by atoms with van der Waals surface area (Å²) in [4.78, 5) is 29.7. The number of imidazole rings is 1. The van der Waals surface area contributed by atoms with E-state index in [0.717, 1.165) is 48.4 Å². The fourth-order valence-electron chi connectivity index (χ4n) is 6.52. The summed E-state index contributed by atoms with van der Waals surface area (Å²) in [7, 11) is 1.73. The maximum absolute atomic E-state index is 13.6. The maximum Gasteiger partial charge on any atom is 0.181 e. The van der Waals surface area contributed by atoms with Crippen molar-refractivity contribution in [2.24, 2.45) is 17.3 Å². The number of aryl methyl sites for hydroxylation is 1. The number of aromatic amines is 1. The van der Waals surface area contributed by atoms with E-state index in [0.29, 0.717) is 29.2 Å². The summed E-state index contributed by atoms with van der Waals surface area (Å²) in [5.74, 6) is 2.92. The number of thioether (sulfide) groups is 1. The van der Waals surface area contributed by atoms with Crippen LogP contribution in [0.5, 0.6) is 5.75 Å². The Hall–Kier alpha value is -2.41. The van der Waals surface area contributed by atoms with Crippen LogP contribution in [0.2, 0.25) is 0 Å². The van der Waals surface area contributed by atoms with E-state index in [1.165, 1.54) is 11.1 Å². The van der Waals surface area contributed by atoms with E-state index in [2.05, 4.69) is 45.1 Å². The number of rotatable bonds is 3. The Morgan fingerprint density at radius 3 is 3.00 bits per heavy atom. The predicted molar refractivity (Wildman–Crippen MR) is 119 cm³/mol. The van der Waals surface area contributed by atoms with Crippen molar-refractivity contribution in [3.63, 3.8) is 0 Å². The number of ketones is 1. The lowest BCUT2D eigenvalue weighted by Gasteiger charge is -2.48. The van der Waals surface area contributed by atoms with Crippen LogP contribution < -0.4 is 4.74 Å². The number of Topliss-reactive ketones (excluding diaryl/α,β-unsaturated/α-hetero) is 1. The van der Waals surface area contributed by atoms with E-state index >= 15 is 0 Å². The molecule has 0 bridgehead atoms. The Morgan fingerprint density at radius 1 is 1.23 bits per heavy atom. The van der Waals surface area contributed by atoms with Crippen LogP contribution in [0.4, 0.5) is 0 Å². The zero-order valence-corrected chi connectivity index (χ0v) is 18.6. The first-order chi connectivity index (χ1) is 15.1. The number of H-pyrrole nitrogens is 1. The second kappa shape index (κ2) is 7.05. The van der Waals surface area contributed by atoms with Crippen molar-refractivity contribution in [1.29, 1.82) is 0 Å². The molecule has 0 spiro atoms. The molecule has 1 N–H and O–H groups in total. The summed E-state index contributed by atoms with van der Waals surface area (Å²) in [6.45, 7) is 2.23. The second-order valence-corrected chi connectivity index (χ2v) is 10.6. The number of fused-ring (bicyclic) bond motifs is 6. The molecule has 2 heterocycles. The van der Waals surface area contributed by atoms with Gasteiger partial charge in [0.15, 0.2) is 11.4 Å². The first kappa shape index (κ1) is 19.3. The van der Waals surface area contributed by atoms with Crippen molar-refractivity contribution in [1.82, 2.24) is 19.9 Å². The van der Waals surface area contributed by atoms with Gasteiger partial charge in [-0.1, -0.05) is 24.8 Å². The quantitative estimate of drug-likeness (QED) is 0.609. The van der Waals surface area contributed by atoms with E-state index in [-0.39, 0.29) is 10.7 Å². The van der Waals surface area contributed by atoms with E-state index in [1.54, 1.807) is 31.5 Å². The lowest BCUT2D eigenvalue weighted by Crippen LogP contribution is -2.42. The lowest BCUT2D eigenvalue weighted by atomic mass is 9.55. The first-order valence-corrected chi connectivity index (χ1v) is 12.0. The standard InChI is InChI=1S/C24H26N4O2S/c1-24-8-7-16-15-6-4-14(30-2)9-13(15)3-5-17(16)18(24)10-19(21(24)29)31-23-20-22(26-11-25-20)27-12-28-23/h4,6,9,11-12,16-19H,3,5,7-8,10H2,1-2H3,(H,25,26,27,28). The van der Waals surface area contributed by atoms with Crippen LogP contribution >= 0.6 is 11.8 Å². The summed E-state index contributed by atoms with van der Waals surface area (Å²) >= 11 is 1.60. The van der Waals surface area contributed by atoms with Crippen molar-refractivity contribution in [2.45, 2.75) is 55.2 Å². The van der Waals surface area contributed by atoms with Gasteiger partial charge in [0.2, 0.25) is 0 Å². The van der Waals surface area contributed by atoms with Crippen LogP contribution in [-0.2, 0) is 11.2 Å². The highest BCUT2D eigenvalue weighted by Crippen LogP contribution is 2.61.